The minimum Gasteiger partial charge on any atom is -0.496 e. The Morgan fingerprint density at radius 3 is 2.45 bits per heavy atom. The Labute approximate surface area is 128 Å². The molecule has 2 N–H and O–H groups in total. The van der Waals surface area contributed by atoms with Crippen molar-refractivity contribution in [3.63, 3.8) is 0 Å². The van der Waals surface area contributed by atoms with Crippen LogP contribution < -0.4 is 10.5 Å². The van der Waals surface area contributed by atoms with Gasteiger partial charge in [-0.05, 0) is 52.0 Å². The largest absolute Gasteiger partial charge is 0.496 e. The van der Waals surface area contributed by atoms with E-state index in [9.17, 15) is 0 Å². The van der Waals surface area contributed by atoms with Crippen molar-refractivity contribution in [3.8, 4) is 17.0 Å². The maximum Gasteiger partial charge on any atom is 0.201 e. The monoisotopic (exact) mass is 337 g/mol. The minimum atomic E-state index is 0.383. The molecule has 0 spiro atoms. The molecule has 4 nitrogen and oxygen atoms in total. The number of aryl methyl sites for hydroxylation is 1. The maximum atomic E-state index is 5.88. The molecular formula is C15H20BrN3O. The summed E-state index contributed by atoms with van der Waals surface area (Å²) < 4.78 is 8.14. The summed E-state index contributed by atoms with van der Waals surface area (Å²) in [5, 5.41) is 0. The predicted molar refractivity (Wildman–Crippen MR) is 86.1 cm³/mol. The van der Waals surface area contributed by atoms with Crippen molar-refractivity contribution in [2.75, 3.05) is 12.8 Å². The number of aromatic nitrogens is 2. The molecule has 1 aromatic heterocycles. The first-order valence-electron chi connectivity index (χ1n) is 6.53. The minimum absolute atomic E-state index is 0.383. The second-order valence-corrected chi connectivity index (χ2v) is 5.98. The molecule has 0 bridgehead atoms. The molecule has 0 aliphatic heterocycles. The van der Waals surface area contributed by atoms with Gasteiger partial charge in [-0.3, -0.25) is 0 Å². The summed E-state index contributed by atoms with van der Waals surface area (Å²) in [5.41, 5.74) is 10.3. The third-order valence-corrected chi connectivity index (χ3v) is 4.09. The van der Waals surface area contributed by atoms with E-state index in [1.807, 2.05) is 11.6 Å². The highest BCUT2D eigenvalue weighted by Crippen LogP contribution is 2.37. The molecule has 1 heterocycles. The van der Waals surface area contributed by atoms with Crippen molar-refractivity contribution in [1.82, 2.24) is 9.55 Å². The highest BCUT2D eigenvalue weighted by Gasteiger charge is 2.18. The Hall–Kier alpha value is -1.49. The average Bonchev–Trinajstić information content (AvgIpc) is 2.63. The van der Waals surface area contributed by atoms with Gasteiger partial charge in [-0.1, -0.05) is 13.8 Å². The highest BCUT2D eigenvalue weighted by molar-refractivity contribution is 9.10. The van der Waals surface area contributed by atoms with Gasteiger partial charge in [0.2, 0.25) is 5.95 Å². The Kier molecular flexibility index (Phi) is 4.09. The molecule has 0 saturated carbocycles. The van der Waals surface area contributed by atoms with Crippen LogP contribution in [0, 0.1) is 6.92 Å². The third kappa shape index (κ3) is 2.42. The molecule has 0 saturated heterocycles. The van der Waals surface area contributed by atoms with Crippen molar-refractivity contribution in [1.29, 1.82) is 0 Å². The van der Waals surface area contributed by atoms with Crippen LogP contribution in [0.4, 0.5) is 5.95 Å². The van der Waals surface area contributed by atoms with E-state index in [-0.39, 0.29) is 0 Å². The van der Waals surface area contributed by atoms with Crippen LogP contribution in [0.15, 0.2) is 16.7 Å². The first-order valence-corrected chi connectivity index (χ1v) is 7.32. The van der Waals surface area contributed by atoms with Gasteiger partial charge in [0.05, 0.1) is 12.8 Å². The third-order valence-electron chi connectivity index (χ3n) is 3.54. The van der Waals surface area contributed by atoms with E-state index in [1.165, 1.54) is 5.56 Å². The summed E-state index contributed by atoms with van der Waals surface area (Å²) in [4.78, 5) is 4.27. The van der Waals surface area contributed by atoms with Crippen molar-refractivity contribution in [2.45, 2.75) is 26.7 Å². The smallest absolute Gasteiger partial charge is 0.201 e. The first-order chi connectivity index (χ1) is 9.36. The number of ether oxygens (including phenoxy) is 1. The van der Waals surface area contributed by atoms with Gasteiger partial charge in [0.25, 0.3) is 0 Å². The number of rotatable bonds is 3. The van der Waals surface area contributed by atoms with E-state index in [2.05, 4.69) is 53.8 Å². The number of nitrogens with two attached hydrogens (primary N) is 1. The number of benzene rings is 1. The summed E-state index contributed by atoms with van der Waals surface area (Å²) >= 11 is 3.49. The van der Waals surface area contributed by atoms with E-state index >= 15 is 0 Å². The van der Waals surface area contributed by atoms with Crippen molar-refractivity contribution >= 4 is 21.9 Å². The lowest BCUT2D eigenvalue weighted by atomic mass is 9.95. The molecule has 5 heteroatoms. The molecular weight excluding hydrogens is 318 g/mol. The quantitative estimate of drug-likeness (QED) is 0.924. The Morgan fingerprint density at radius 1 is 1.35 bits per heavy atom. The normalized spacial score (nSPS) is 11.2. The Morgan fingerprint density at radius 2 is 2.00 bits per heavy atom. The zero-order valence-electron chi connectivity index (χ0n) is 12.5. The molecule has 0 aliphatic carbocycles. The van der Waals surface area contributed by atoms with Gasteiger partial charge >= 0.3 is 0 Å². The molecule has 0 aliphatic rings. The summed E-state index contributed by atoms with van der Waals surface area (Å²) in [7, 11) is 3.62. The van der Waals surface area contributed by atoms with E-state index in [0.29, 0.717) is 11.9 Å². The zero-order chi connectivity index (χ0) is 15.0. The van der Waals surface area contributed by atoms with E-state index < -0.39 is 0 Å². The van der Waals surface area contributed by atoms with Crippen LogP contribution in [0.1, 0.15) is 30.9 Å². The molecule has 0 unspecified atom stereocenters. The number of methoxy groups -OCH3 is 1. The first kappa shape index (κ1) is 14.9. The second kappa shape index (κ2) is 5.48. The average molecular weight is 338 g/mol. The summed E-state index contributed by atoms with van der Waals surface area (Å²) in [6, 6.07) is 4.24. The number of imidazole rings is 1. The lowest BCUT2D eigenvalue weighted by molar-refractivity contribution is 0.407. The van der Waals surface area contributed by atoms with Crippen molar-refractivity contribution < 1.29 is 4.74 Å². The van der Waals surface area contributed by atoms with E-state index in [0.717, 1.165) is 27.2 Å². The highest BCUT2D eigenvalue weighted by atomic mass is 79.9. The van der Waals surface area contributed by atoms with Crippen LogP contribution >= 0.6 is 15.9 Å². The Bertz CT molecular complexity index is 647. The SMILES string of the molecule is COc1cc(C)c(-c2c(Br)nc(N)n2C)cc1C(C)C. The maximum absolute atomic E-state index is 5.88. The number of nitrogens with zero attached hydrogens (tertiary/aromatic N) is 2. The van der Waals surface area contributed by atoms with Crippen LogP contribution in [0.5, 0.6) is 5.75 Å². The summed E-state index contributed by atoms with van der Waals surface area (Å²) in [5.74, 6) is 1.80. The molecule has 108 valence electrons. The van der Waals surface area contributed by atoms with Crippen LogP contribution in [0.25, 0.3) is 11.3 Å². The standard InChI is InChI=1S/C15H20BrN3O/c1-8(2)10-7-11(9(3)6-12(10)20-5)13-14(16)18-15(17)19(13)4/h6-8H,1-5H3,(H2,17,18). The Balaban J connectivity index is 2.71. The van der Waals surface area contributed by atoms with Gasteiger partial charge in [0, 0.05) is 12.6 Å². The number of halogens is 1. The van der Waals surface area contributed by atoms with Gasteiger partial charge in [-0.25, -0.2) is 4.98 Å². The van der Waals surface area contributed by atoms with E-state index in [4.69, 9.17) is 10.5 Å². The van der Waals surface area contributed by atoms with Crippen molar-refractivity contribution in [3.05, 3.63) is 27.9 Å². The van der Waals surface area contributed by atoms with Gasteiger partial charge in [-0.15, -0.1) is 0 Å². The topological polar surface area (TPSA) is 53.1 Å². The number of hydrogen-bond acceptors (Lipinski definition) is 3. The zero-order valence-corrected chi connectivity index (χ0v) is 14.1. The fourth-order valence-electron chi connectivity index (χ4n) is 2.35. The van der Waals surface area contributed by atoms with Crippen molar-refractivity contribution in [2.24, 2.45) is 7.05 Å². The number of nitrogen functional groups attached to an aromatic ring is 1. The van der Waals surface area contributed by atoms with Crippen LogP contribution in [-0.4, -0.2) is 16.7 Å². The molecule has 2 rings (SSSR count). The predicted octanol–water partition coefficient (Wildman–Crippen LogP) is 3.87. The second-order valence-electron chi connectivity index (χ2n) is 5.23. The van der Waals surface area contributed by atoms with Crippen LogP contribution in [0.2, 0.25) is 0 Å². The molecule has 0 amide bonds. The lowest BCUT2D eigenvalue weighted by Gasteiger charge is -2.16. The molecule has 0 radical (unpaired) electrons. The number of hydrogen-bond donors (Lipinski definition) is 1. The molecule has 2 aromatic rings. The summed E-state index contributed by atoms with van der Waals surface area (Å²) in [6.45, 7) is 6.38. The molecule has 0 fully saturated rings. The summed E-state index contributed by atoms with van der Waals surface area (Å²) in [6.07, 6.45) is 0. The molecule has 0 atom stereocenters. The van der Waals surface area contributed by atoms with Crippen LogP contribution in [-0.2, 0) is 7.05 Å². The van der Waals surface area contributed by atoms with E-state index in [1.54, 1.807) is 7.11 Å². The molecule has 1 aromatic carbocycles. The fourth-order valence-corrected chi connectivity index (χ4v) is 3.02. The van der Waals surface area contributed by atoms with Gasteiger partial charge in [-0.2, -0.15) is 0 Å². The van der Waals surface area contributed by atoms with Gasteiger partial charge in [0.1, 0.15) is 10.4 Å². The van der Waals surface area contributed by atoms with Gasteiger partial charge in [0.15, 0.2) is 0 Å². The molecule has 20 heavy (non-hydrogen) atoms. The fraction of sp³-hybridized carbons (Fsp3) is 0.400. The number of anilines is 1. The lowest BCUT2D eigenvalue weighted by Crippen LogP contribution is -2.01. The van der Waals surface area contributed by atoms with Gasteiger partial charge < -0.3 is 15.0 Å². The van der Waals surface area contributed by atoms with Crippen LogP contribution in [0.3, 0.4) is 0 Å².